The third kappa shape index (κ3) is 4.42. The predicted molar refractivity (Wildman–Crippen MR) is 57.0 cm³/mol. The highest BCUT2D eigenvalue weighted by Crippen LogP contribution is 2.25. The van der Waals surface area contributed by atoms with E-state index in [1.807, 2.05) is 0 Å². The monoisotopic (exact) mass is 318 g/mol. The molecule has 0 heterocycles. The first kappa shape index (κ1) is 16.3. The molecule has 0 radical (unpaired) electrons. The molecule has 3 N–H and O–H groups in total. The second-order valence-corrected chi connectivity index (χ2v) is 5.21. The number of carbonyl (C=O) groups excluding carboxylic acids is 1. The molecule has 0 aliphatic heterocycles. The number of nitrogens with two attached hydrogens (primary N) is 1. The third-order valence-corrected chi connectivity index (χ3v) is 2.86. The van der Waals surface area contributed by atoms with Crippen molar-refractivity contribution in [2.75, 3.05) is 5.32 Å². The Morgan fingerprint density at radius 2 is 1.65 bits per heavy atom. The van der Waals surface area contributed by atoms with Gasteiger partial charge in [-0.1, -0.05) is 0 Å². The van der Waals surface area contributed by atoms with Gasteiger partial charge in [0.25, 0.3) is 0 Å². The smallest absolute Gasteiger partial charge is 0.321 e. The Hall–Kier alpha value is -1.75. The summed E-state index contributed by atoms with van der Waals surface area (Å²) in [4.78, 5) is 9.99. The van der Waals surface area contributed by atoms with Gasteiger partial charge in [0.05, 0.1) is 4.90 Å². The lowest BCUT2D eigenvalue weighted by Crippen LogP contribution is -2.22. The maximum atomic E-state index is 13.4. The molecule has 1 rings (SSSR count). The van der Waals surface area contributed by atoms with Crippen LogP contribution in [0.15, 0.2) is 17.0 Å². The minimum absolute atomic E-state index is 0.279. The summed E-state index contributed by atoms with van der Waals surface area (Å²) in [5.74, 6) is -4.83. The van der Waals surface area contributed by atoms with Crippen molar-refractivity contribution < 1.29 is 35.2 Å². The number of anilines is 1. The summed E-state index contributed by atoms with van der Waals surface area (Å²) in [5, 5.41) is 6.00. The number of sulfonamides is 1. The molecule has 11 heteroatoms. The Morgan fingerprint density at radius 3 is 2.00 bits per heavy atom. The number of amides is 1. The van der Waals surface area contributed by atoms with Gasteiger partial charge in [0.1, 0.15) is 12.1 Å². The van der Waals surface area contributed by atoms with E-state index in [0.29, 0.717) is 0 Å². The van der Waals surface area contributed by atoms with Crippen LogP contribution in [-0.4, -0.2) is 20.5 Å². The third-order valence-electron chi connectivity index (χ3n) is 1.97. The van der Waals surface area contributed by atoms with Gasteiger partial charge in [-0.25, -0.2) is 22.3 Å². The number of hydrogen-bond acceptors (Lipinski definition) is 3. The van der Waals surface area contributed by atoms with Crippen LogP contribution in [0.4, 0.5) is 27.6 Å². The van der Waals surface area contributed by atoms with E-state index in [2.05, 4.69) is 5.14 Å². The zero-order valence-corrected chi connectivity index (χ0v) is 10.3. The van der Waals surface area contributed by atoms with E-state index in [-0.39, 0.29) is 12.1 Å². The van der Waals surface area contributed by atoms with Crippen molar-refractivity contribution >= 4 is 21.6 Å². The van der Waals surface area contributed by atoms with E-state index < -0.39 is 50.7 Å². The summed E-state index contributed by atoms with van der Waals surface area (Å²) in [6.07, 6.45) is -6.79. The molecule has 1 amide bonds. The number of nitrogens with one attached hydrogen (secondary N) is 1. The molecule has 0 aliphatic carbocycles. The number of benzene rings is 1. The molecule has 112 valence electrons. The maximum Gasteiger partial charge on any atom is 0.397 e. The van der Waals surface area contributed by atoms with E-state index in [1.165, 1.54) is 5.32 Å². The number of halogens is 5. The first-order chi connectivity index (χ1) is 8.90. The second-order valence-electron chi connectivity index (χ2n) is 3.65. The fourth-order valence-corrected chi connectivity index (χ4v) is 1.73. The van der Waals surface area contributed by atoms with Gasteiger partial charge < -0.3 is 5.32 Å². The molecule has 5 nitrogen and oxygen atoms in total. The SMILES string of the molecule is NS(=O)(=O)c1cc(F)c(NC(=O)CC(F)(F)F)c(F)c1. The van der Waals surface area contributed by atoms with Crippen molar-refractivity contribution in [2.24, 2.45) is 5.14 Å². The average molecular weight is 318 g/mol. The molecule has 0 atom stereocenters. The topological polar surface area (TPSA) is 89.3 Å². The van der Waals surface area contributed by atoms with Crippen LogP contribution >= 0.6 is 0 Å². The molecule has 0 aromatic heterocycles. The molecular formula is C9H7F5N2O3S. The average Bonchev–Trinajstić information content (AvgIpc) is 2.19. The van der Waals surface area contributed by atoms with Crippen molar-refractivity contribution in [1.82, 2.24) is 0 Å². The Kier molecular flexibility index (Phi) is 4.34. The van der Waals surface area contributed by atoms with Gasteiger partial charge in [-0.3, -0.25) is 4.79 Å². The van der Waals surface area contributed by atoms with Crippen LogP contribution in [-0.2, 0) is 14.8 Å². The number of hydrogen-bond donors (Lipinski definition) is 2. The van der Waals surface area contributed by atoms with Gasteiger partial charge in [-0.2, -0.15) is 13.2 Å². The Morgan fingerprint density at radius 1 is 1.20 bits per heavy atom. The molecule has 20 heavy (non-hydrogen) atoms. The van der Waals surface area contributed by atoms with Gasteiger partial charge in [0.15, 0.2) is 11.6 Å². The molecule has 1 aromatic rings. The first-order valence-corrected chi connectivity index (χ1v) is 6.33. The first-order valence-electron chi connectivity index (χ1n) is 4.78. The van der Waals surface area contributed by atoms with Gasteiger partial charge in [-0.15, -0.1) is 0 Å². The number of rotatable bonds is 3. The quantitative estimate of drug-likeness (QED) is 0.828. The van der Waals surface area contributed by atoms with Crippen molar-refractivity contribution in [3.8, 4) is 0 Å². The summed E-state index contributed by atoms with van der Waals surface area (Å²) in [5.41, 5.74) is -1.19. The van der Waals surface area contributed by atoms with Gasteiger partial charge in [-0.05, 0) is 12.1 Å². The van der Waals surface area contributed by atoms with E-state index in [9.17, 15) is 35.2 Å². The van der Waals surface area contributed by atoms with E-state index >= 15 is 0 Å². The molecule has 0 saturated heterocycles. The van der Waals surface area contributed by atoms with Crippen LogP contribution in [0.2, 0.25) is 0 Å². The number of carbonyl (C=O) groups is 1. The maximum absolute atomic E-state index is 13.4. The van der Waals surface area contributed by atoms with Crippen LogP contribution in [0.3, 0.4) is 0 Å². The summed E-state index contributed by atoms with van der Waals surface area (Å²) >= 11 is 0. The van der Waals surface area contributed by atoms with Gasteiger partial charge in [0, 0.05) is 0 Å². The van der Waals surface area contributed by atoms with Crippen LogP contribution in [0.1, 0.15) is 6.42 Å². The Balaban J connectivity index is 3.07. The molecule has 0 fully saturated rings. The number of primary sulfonamides is 1. The minimum Gasteiger partial charge on any atom is -0.321 e. The van der Waals surface area contributed by atoms with Crippen LogP contribution in [0.25, 0.3) is 0 Å². The second kappa shape index (κ2) is 5.32. The summed E-state index contributed by atoms with van der Waals surface area (Å²) in [6.45, 7) is 0. The van der Waals surface area contributed by atoms with E-state index in [0.717, 1.165) is 0 Å². The zero-order chi connectivity index (χ0) is 15.7. The molecule has 0 unspecified atom stereocenters. The summed E-state index contributed by atoms with van der Waals surface area (Å²) in [6, 6.07) is 0.559. The Bertz CT molecular complexity index is 618. The van der Waals surface area contributed by atoms with Crippen LogP contribution < -0.4 is 10.5 Å². The van der Waals surface area contributed by atoms with E-state index in [1.54, 1.807) is 0 Å². The summed E-state index contributed by atoms with van der Waals surface area (Å²) < 4.78 is 84.1. The van der Waals surface area contributed by atoms with E-state index in [4.69, 9.17) is 0 Å². The minimum atomic E-state index is -4.85. The lowest BCUT2D eigenvalue weighted by molar-refractivity contribution is -0.150. The van der Waals surface area contributed by atoms with Crippen molar-refractivity contribution in [3.63, 3.8) is 0 Å². The highest BCUT2D eigenvalue weighted by Gasteiger charge is 2.32. The number of alkyl halides is 3. The normalized spacial score (nSPS) is 12.3. The standard InChI is InChI=1S/C9H7F5N2O3S/c10-5-1-4(20(15,18)19)2-6(11)8(5)16-7(17)3-9(12,13)14/h1-2H,3H2,(H,16,17)(H2,15,18,19). The highest BCUT2D eigenvalue weighted by atomic mass is 32.2. The fourth-order valence-electron chi connectivity index (χ4n) is 1.20. The molecule has 1 aromatic carbocycles. The van der Waals surface area contributed by atoms with Gasteiger partial charge >= 0.3 is 6.18 Å². The molecular weight excluding hydrogens is 311 g/mol. The van der Waals surface area contributed by atoms with Crippen molar-refractivity contribution in [2.45, 2.75) is 17.5 Å². The summed E-state index contributed by atoms with van der Waals surface area (Å²) in [7, 11) is -4.39. The van der Waals surface area contributed by atoms with Crippen molar-refractivity contribution in [3.05, 3.63) is 23.8 Å². The fraction of sp³-hybridized carbons (Fsp3) is 0.222. The predicted octanol–water partition coefficient (Wildman–Crippen LogP) is 1.50. The Labute approximate surface area is 109 Å². The molecule has 0 bridgehead atoms. The van der Waals surface area contributed by atoms with Crippen LogP contribution in [0, 0.1) is 11.6 Å². The lowest BCUT2D eigenvalue weighted by atomic mass is 10.2. The largest absolute Gasteiger partial charge is 0.397 e. The molecule has 0 saturated carbocycles. The molecule has 0 aliphatic rings. The van der Waals surface area contributed by atoms with Crippen LogP contribution in [0.5, 0.6) is 0 Å². The van der Waals surface area contributed by atoms with Crippen molar-refractivity contribution in [1.29, 1.82) is 0 Å². The lowest BCUT2D eigenvalue weighted by Gasteiger charge is -2.10. The zero-order valence-electron chi connectivity index (χ0n) is 9.46. The highest BCUT2D eigenvalue weighted by molar-refractivity contribution is 7.89. The molecule has 0 spiro atoms. The van der Waals surface area contributed by atoms with Gasteiger partial charge in [0.2, 0.25) is 15.9 Å².